The monoisotopic (exact) mass is 259 g/mol. The van der Waals surface area contributed by atoms with Gasteiger partial charge >= 0.3 is 6.18 Å². The molecule has 17 heavy (non-hydrogen) atoms. The molecule has 0 unspecified atom stereocenters. The predicted molar refractivity (Wildman–Crippen MR) is 59.9 cm³/mol. The van der Waals surface area contributed by atoms with Crippen LogP contribution >= 0.6 is 11.7 Å². The van der Waals surface area contributed by atoms with Crippen LogP contribution in [0.2, 0.25) is 0 Å². The van der Waals surface area contributed by atoms with E-state index in [-0.39, 0.29) is 11.3 Å². The van der Waals surface area contributed by atoms with Crippen molar-refractivity contribution in [1.29, 1.82) is 0 Å². The van der Waals surface area contributed by atoms with Crippen LogP contribution in [0.3, 0.4) is 0 Å². The SMILES string of the molecule is CNc1nsnc1-c1ccccc1C(F)(F)F. The van der Waals surface area contributed by atoms with Gasteiger partial charge in [0, 0.05) is 12.6 Å². The molecule has 90 valence electrons. The number of rotatable bonds is 2. The minimum Gasteiger partial charge on any atom is -0.370 e. The lowest BCUT2D eigenvalue weighted by atomic mass is 10.0. The molecule has 1 aromatic carbocycles. The summed E-state index contributed by atoms with van der Waals surface area (Å²) in [6.45, 7) is 0. The summed E-state index contributed by atoms with van der Waals surface area (Å²) in [6, 6.07) is 5.32. The van der Waals surface area contributed by atoms with Crippen molar-refractivity contribution in [3.63, 3.8) is 0 Å². The molecule has 3 nitrogen and oxygen atoms in total. The van der Waals surface area contributed by atoms with E-state index < -0.39 is 11.7 Å². The lowest BCUT2D eigenvalue weighted by Crippen LogP contribution is -2.07. The van der Waals surface area contributed by atoms with Gasteiger partial charge in [-0.3, -0.25) is 0 Å². The molecule has 2 aromatic rings. The van der Waals surface area contributed by atoms with Crippen molar-refractivity contribution in [2.24, 2.45) is 0 Å². The molecule has 1 N–H and O–H groups in total. The first-order valence-corrected chi connectivity index (χ1v) is 5.44. The van der Waals surface area contributed by atoms with Gasteiger partial charge in [0.2, 0.25) is 0 Å². The zero-order valence-electron chi connectivity index (χ0n) is 8.75. The number of nitrogens with one attached hydrogen (secondary N) is 1. The third-order valence-corrected chi connectivity index (χ3v) is 2.74. The van der Waals surface area contributed by atoms with E-state index in [1.165, 1.54) is 12.1 Å². The third-order valence-electron chi connectivity index (χ3n) is 2.21. The van der Waals surface area contributed by atoms with Crippen LogP contribution in [0.15, 0.2) is 24.3 Å². The number of alkyl halides is 3. The Morgan fingerprint density at radius 1 is 1.18 bits per heavy atom. The molecule has 0 radical (unpaired) electrons. The molecule has 0 spiro atoms. The molecule has 0 atom stereocenters. The van der Waals surface area contributed by atoms with Gasteiger partial charge in [0.25, 0.3) is 0 Å². The summed E-state index contributed by atoms with van der Waals surface area (Å²) >= 11 is 0.875. The summed E-state index contributed by atoms with van der Waals surface area (Å²) in [5, 5.41) is 2.72. The van der Waals surface area contributed by atoms with Crippen molar-refractivity contribution in [2.45, 2.75) is 6.18 Å². The van der Waals surface area contributed by atoms with Gasteiger partial charge in [0.15, 0.2) is 5.82 Å². The Morgan fingerprint density at radius 3 is 2.53 bits per heavy atom. The Labute approximate surface area is 99.6 Å². The largest absolute Gasteiger partial charge is 0.417 e. The normalized spacial score (nSPS) is 11.5. The first kappa shape index (κ1) is 11.8. The highest BCUT2D eigenvalue weighted by atomic mass is 32.1. The Balaban J connectivity index is 2.60. The molecule has 7 heteroatoms. The molecule has 0 aliphatic heterocycles. The molecule has 0 aliphatic rings. The van der Waals surface area contributed by atoms with E-state index in [1.54, 1.807) is 13.1 Å². The van der Waals surface area contributed by atoms with Gasteiger partial charge in [-0.15, -0.1) is 0 Å². The van der Waals surface area contributed by atoms with E-state index in [2.05, 4.69) is 14.1 Å². The summed E-state index contributed by atoms with van der Waals surface area (Å²) in [7, 11) is 1.59. The summed E-state index contributed by atoms with van der Waals surface area (Å²) in [4.78, 5) is 0. The fourth-order valence-electron chi connectivity index (χ4n) is 1.47. The van der Waals surface area contributed by atoms with Crippen molar-refractivity contribution in [1.82, 2.24) is 8.75 Å². The number of anilines is 1. The van der Waals surface area contributed by atoms with Crippen LogP contribution in [-0.4, -0.2) is 15.8 Å². The highest BCUT2D eigenvalue weighted by Crippen LogP contribution is 2.38. The van der Waals surface area contributed by atoms with Gasteiger partial charge in [-0.1, -0.05) is 18.2 Å². The summed E-state index contributed by atoms with van der Waals surface area (Å²) in [6.07, 6.45) is -4.40. The Morgan fingerprint density at radius 2 is 1.88 bits per heavy atom. The van der Waals surface area contributed by atoms with Gasteiger partial charge < -0.3 is 5.32 Å². The van der Waals surface area contributed by atoms with Gasteiger partial charge in [-0.25, -0.2) is 0 Å². The molecule has 0 aliphatic carbocycles. The van der Waals surface area contributed by atoms with Crippen molar-refractivity contribution >= 4 is 17.5 Å². The second-order valence-corrected chi connectivity index (χ2v) is 3.78. The number of hydrogen-bond donors (Lipinski definition) is 1. The molecule has 0 amide bonds. The Hall–Kier alpha value is -1.63. The molecule has 0 saturated heterocycles. The standard InChI is InChI=1S/C10H8F3N3S/c1-14-9-8(15-17-16-9)6-4-2-3-5-7(6)10(11,12)13/h2-5H,1H3,(H,14,16). The number of aromatic nitrogens is 2. The molecule has 1 heterocycles. The van der Waals surface area contributed by atoms with Gasteiger partial charge in [-0.05, 0) is 6.07 Å². The topological polar surface area (TPSA) is 37.8 Å². The van der Waals surface area contributed by atoms with E-state index in [1.807, 2.05) is 0 Å². The minimum atomic E-state index is -4.40. The molecular weight excluding hydrogens is 251 g/mol. The van der Waals surface area contributed by atoms with Crippen molar-refractivity contribution in [2.75, 3.05) is 12.4 Å². The predicted octanol–water partition coefficient (Wildman–Crippen LogP) is 3.27. The Bertz CT molecular complexity index is 522. The lowest BCUT2D eigenvalue weighted by Gasteiger charge is -2.11. The van der Waals surface area contributed by atoms with Crippen LogP contribution < -0.4 is 5.32 Å². The highest BCUT2D eigenvalue weighted by Gasteiger charge is 2.34. The quantitative estimate of drug-likeness (QED) is 0.899. The summed E-state index contributed by atoms with van der Waals surface area (Å²) in [5.74, 6) is 0.353. The Kier molecular flexibility index (Phi) is 3.01. The lowest BCUT2D eigenvalue weighted by molar-refractivity contribution is -0.137. The zero-order valence-corrected chi connectivity index (χ0v) is 9.56. The van der Waals surface area contributed by atoms with Crippen LogP contribution in [0.25, 0.3) is 11.3 Å². The number of nitrogens with zero attached hydrogens (tertiary/aromatic N) is 2. The van der Waals surface area contributed by atoms with E-state index in [0.717, 1.165) is 17.8 Å². The van der Waals surface area contributed by atoms with Crippen molar-refractivity contribution < 1.29 is 13.2 Å². The van der Waals surface area contributed by atoms with E-state index in [0.29, 0.717) is 5.82 Å². The van der Waals surface area contributed by atoms with Crippen LogP contribution in [0.4, 0.5) is 19.0 Å². The van der Waals surface area contributed by atoms with E-state index in [9.17, 15) is 13.2 Å². The van der Waals surface area contributed by atoms with Gasteiger partial charge in [-0.2, -0.15) is 21.9 Å². The van der Waals surface area contributed by atoms with Crippen LogP contribution in [-0.2, 0) is 6.18 Å². The second-order valence-electron chi connectivity index (χ2n) is 3.25. The molecule has 0 bridgehead atoms. The highest BCUT2D eigenvalue weighted by molar-refractivity contribution is 6.99. The van der Waals surface area contributed by atoms with Crippen LogP contribution in [0.1, 0.15) is 5.56 Å². The third kappa shape index (κ3) is 2.23. The smallest absolute Gasteiger partial charge is 0.370 e. The second kappa shape index (κ2) is 4.33. The maximum absolute atomic E-state index is 12.8. The maximum Gasteiger partial charge on any atom is 0.417 e. The average molecular weight is 259 g/mol. The molecule has 1 aromatic heterocycles. The first-order chi connectivity index (χ1) is 8.04. The average Bonchev–Trinajstić information content (AvgIpc) is 2.75. The summed E-state index contributed by atoms with van der Waals surface area (Å²) < 4.78 is 46.2. The fraction of sp³-hybridized carbons (Fsp3) is 0.200. The molecule has 2 rings (SSSR count). The maximum atomic E-state index is 12.8. The van der Waals surface area contributed by atoms with Crippen LogP contribution in [0, 0.1) is 0 Å². The fourth-order valence-corrected chi connectivity index (χ4v) is 2.03. The minimum absolute atomic E-state index is 0.0399. The number of hydrogen-bond acceptors (Lipinski definition) is 4. The van der Waals surface area contributed by atoms with Crippen molar-refractivity contribution in [3.05, 3.63) is 29.8 Å². The van der Waals surface area contributed by atoms with E-state index >= 15 is 0 Å². The number of benzene rings is 1. The number of halogens is 3. The van der Waals surface area contributed by atoms with E-state index in [4.69, 9.17) is 0 Å². The molecule has 0 fully saturated rings. The van der Waals surface area contributed by atoms with Crippen molar-refractivity contribution in [3.8, 4) is 11.3 Å². The zero-order chi connectivity index (χ0) is 12.5. The molecular formula is C10H8F3N3S. The summed E-state index contributed by atoms with van der Waals surface area (Å²) in [5.41, 5.74) is -0.437. The first-order valence-electron chi connectivity index (χ1n) is 4.71. The molecule has 0 saturated carbocycles. The van der Waals surface area contributed by atoms with Gasteiger partial charge in [0.1, 0.15) is 5.69 Å². The van der Waals surface area contributed by atoms with Crippen LogP contribution in [0.5, 0.6) is 0 Å². The van der Waals surface area contributed by atoms with Gasteiger partial charge in [0.05, 0.1) is 17.3 Å².